The molecule has 0 amide bonds. The standard InChI is InChI=1S/C12H24PS3/c1-9(2)11-5-4-10(3)8-12(11)13(14)15-6-7-16-13/h9-12,14H,4-8H2,1-3H3/q+1. The Balaban J connectivity index is 2.13. The van der Waals surface area contributed by atoms with Crippen molar-refractivity contribution in [1.82, 2.24) is 0 Å². The second-order valence-electron chi connectivity index (χ2n) is 5.62. The highest BCUT2D eigenvalue weighted by Gasteiger charge is 2.54. The van der Waals surface area contributed by atoms with E-state index in [4.69, 9.17) is 12.2 Å². The van der Waals surface area contributed by atoms with Gasteiger partial charge in [-0.25, -0.2) is 0 Å². The van der Waals surface area contributed by atoms with Crippen LogP contribution >= 0.6 is 39.9 Å². The van der Waals surface area contributed by atoms with Gasteiger partial charge >= 0.3 is 0 Å². The lowest BCUT2D eigenvalue weighted by Gasteiger charge is -2.38. The molecule has 0 aromatic heterocycles. The quantitative estimate of drug-likeness (QED) is 0.518. The summed E-state index contributed by atoms with van der Waals surface area (Å²) in [6, 6.07) is 0. The van der Waals surface area contributed by atoms with Gasteiger partial charge in [0, 0.05) is 52.4 Å². The second kappa shape index (κ2) is 5.63. The molecule has 1 aliphatic heterocycles. The van der Waals surface area contributed by atoms with Gasteiger partial charge in [0.25, 0.3) is 0 Å². The van der Waals surface area contributed by atoms with E-state index in [1.807, 2.05) is 0 Å². The molecule has 0 nitrogen and oxygen atoms in total. The topological polar surface area (TPSA) is 0 Å². The van der Waals surface area contributed by atoms with Crippen LogP contribution < -0.4 is 0 Å². The van der Waals surface area contributed by atoms with Gasteiger partial charge in [-0.15, -0.1) is 0 Å². The molecule has 3 atom stereocenters. The van der Waals surface area contributed by atoms with Crippen molar-refractivity contribution in [1.29, 1.82) is 0 Å². The minimum atomic E-state index is -1.02. The summed E-state index contributed by atoms with van der Waals surface area (Å²) in [6.07, 6.45) is 4.34. The predicted octanol–water partition coefficient (Wildman–Crippen LogP) is 5.62. The van der Waals surface area contributed by atoms with E-state index >= 15 is 0 Å². The Labute approximate surface area is 114 Å². The Kier molecular flexibility index (Phi) is 4.89. The highest BCUT2D eigenvalue weighted by molar-refractivity contribution is 9.16. The zero-order valence-corrected chi connectivity index (χ0v) is 14.0. The summed E-state index contributed by atoms with van der Waals surface area (Å²) in [5.41, 5.74) is 0.928. The first-order valence-electron chi connectivity index (χ1n) is 6.43. The van der Waals surface area contributed by atoms with E-state index in [1.165, 1.54) is 30.8 Å². The third-order valence-electron chi connectivity index (χ3n) is 4.04. The molecule has 0 aromatic carbocycles. The van der Waals surface area contributed by atoms with Crippen molar-refractivity contribution in [2.24, 2.45) is 17.8 Å². The maximum atomic E-state index is 5.16. The van der Waals surface area contributed by atoms with E-state index < -0.39 is 4.87 Å². The number of rotatable bonds is 2. The van der Waals surface area contributed by atoms with Crippen LogP contribution in [-0.2, 0) is 0 Å². The third-order valence-corrected chi connectivity index (χ3v) is 17.1. The maximum Gasteiger partial charge on any atom is 0.190 e. The third kappa shape index (κ3) is 2.90. The summed E-state index contributed by atoms with van der Waals surface area (Å²) in [7, 11) is 0. The molecule has 0 radical (unpaired) electrons. The van der Waals surface area contributed by atoms with Crippen molar-refractivity contribution in [3.05, 3.63) is 0 Å². The van der Waals surface area contributed by atoms with E-state index in [-0.39, 0.29) is 0 Å². The van der Waals surface area contributed by atoms with Crippen LogP contribution in [0.15, 0.2) is 0 Å². The summed E-state index contributed by atoms with van der Waals surface area (Å²) in [6.45, 7) is 7.27. The van der Waals surface area contributed by atoms with Crippen molar-refractivity contribution in [2.75, 3.05) is 11.5 Å². The predicted molar refractivity (Wildman–Crippen MR) is 86.0 cm³/mol. The molecule has 0 aromatic rings. The van der Waals surface area contributed by atoms with Crippen LogP contribution in [0.2, 0.25) is 0 Å². The lowest BCUT2D eigenvalue weighted by molar-refractivity contribution is 0.242. The smallest absolute Gasteiger partial charge is 0.0624 e. The van der Waals surface area contributed by atoms with Crippen molar-refractivity contribution < 1.29 is 0 Å². The molecule has 1 saturated heterocycles. The lowest BCUT2D eigenvalue weighted by Crippen LogP contribution is -2.31. The minimum Gasteiger partial charge on any atom is -0.0624 e. The van der Waals surface area contributed by atoms with Gasteiger partial charge in [-0.3, -0.25) is 0 Å². The Bertz CT molecular complexity index is 238. The summed E-state index contributed by atoms with van der Waals surface area (Å²) in [5.74, 6) is 5.42. The molecule has 94 valence electrons. The van der Waals surface area contributed by atoms with Gasteiger partial charge < -0.3 is 0 Å². The summed E-state index contributed by atoms with van der Waals surface area (Å²) >= 11 is 9.58. The van der Waals surface area contributed by atoms with Gasteiger partial charge in [0.1, 0.15) is 5.66 Å². The van der Waals surface area contributed by atoms with E-state index in [1.54, 1.807) is 0 Å². The zero-order valence-electron chi connectivity index (χ0n) is 10.6. The maximum absolute atomic E-state index is 5.16. The molecule has 2 aliphatic rings. The van der Waals surface area contributed by atoms with Crippen LogP contribution in [0.3, 0.4) is 0 Å². The van der Waals surface area contributed by atoms with Crippen molar-refractivity contribution in [3.63, 3.8) is 0 Å². The fourth-order valence-corrected chi connectivity index (χ4v) is 16.3. The number of hydrogen-bond donors (Lipinski definition) is 1. The van der Waals surface area contributed by atoms with E-state index in [2.05, 4.69) is 43.5 Å². The van der Waals surface area contributed by atoms with Gasteiger partial charge in [-0.05, 0) is 24.7 Å². The summed E-state index contributed by atoms with van der Waals surface area (Å²) in [5, 5.41) is 0. The Morgan fingerprint density at radius 3 is 2.38 bits per heavy atom. The molecule has 3 unspecified atom stereocenters. The molecule has 2 rings (SSSR count). The second-order valence-corrected chi connectivity index (χ2v) is 18.0. The lowest BCUT2D eigenvalue weighted by atomic mass is 9.77. The average molecular weight is 295 g/mol. The van der Waals surface area contributed by atoms with Crippen molar-refractivity contribution in [3.8, 4) is 0 Å². The zero-order chi connectivity index (χ0) is 11.8. The van der Waals surface area contributed by atoms with E-state index in [0.717, 1.165) is 23.4 Å². The first-order valence-corrected chi connectivity index (χ1v) is 12.6. The molecular weight excluding hydrogens is 271 g/mol. The average Bonchev–Trinajstić information content (AvgIpc) is 2.66. The fourth-order valence-electron chi connectivity index (χ4n) is 3.09. The van der Waals surface area contributed by atoms with Crippen LogP contribution in [0.1, 0.15) is 40.0 Å². The first kappa shape index (κ1) is 13.9. The normalized spacial score (nSPS) is 39.2. The Hall–Kier alpha value is 1.48. The van der Waals surface area contributed by atoms with Crippen LogP contribution in [0, 0.1) is 17.8 Å². The summed E-state index contributed by atoms with van der Waals surface area (Å²) < 4.78 is 0. The number of thiol groups is 1. The molecule has 4 heteroatoms. The van der Waals surface area contributed by atoms with Crippen molar-refractivity contribution >= 4 is 39.9 Å². The molecular formula is C12H24PS3+. The fraction of sp³-hybridized carbons (Fsp3) is 1.00. The molecule has 0 bridgehead atoms. The first-order chi connectivity index (χ1) is 7.53. The highest BCUT2D eigenvalue weighted by Crippen LogP contribution is 2.91. The molecule has 1 heterocycles. The van der Waals surface area contributed by atoms with Gasteiger partial charge in [0.15, 0.2) is 4.87 Å². The monoisotopic (exact) mass is 295 g/mol. The molecule has 1 aliphatic carbocycles. The van der Waals surface area contributed by atoms with E-state index in [0.29, 0.717) is 0 Å². The number of hydrogen-bond acceptors (Lipinski definition) is 3. The van der Waals surface area contributed by atoms with Crippen LogP contribution in [0.5, 0.6) is 0 Å². The molecule has 2 fully saturated rings. The molecule has 16 heavy (non-hydrogen) atoms. The largest absolute Gasteiger partial charge is 0.190 e. The van der Waals surface area contributed by atoms with Gasteiger partial charge in [-0.2, -0.15) is 0 Å². The SMILES string of the molecule is CC1CCC(C(C)C)C([P+]2(S)SCCS2)C1. The summed E-state index contributed by atoms with van der Waals surface area (Å²) in [4.78, 5) is -1.02. The van der Waals surface area contributed by atoms with Crippen LogP contribution in [0.25, 0.3) is 0 Å². The van der Waals surface area contributed by atoms with Crippen LogP contribution in [0.4, 0.5) is 0 Å². The molecule has 0 spiro atoms. The minimum absolute atomic E-state index is 0.850. The molecule has 1 saturated carbocycles. The van der Waals surface area contributed by atoms with E-state index in [9.17, 15) is 0 Å². The Morgan fingerprint density at radius 2 is 1.81 bits per heavy atom. The van der Waals surface area contributed by atoms with Gasteiger partial charge in [0.2, 0.25) is 0 Å². The van der Waals surface area contributed by atoms with Gasteiger partial charge in [0.05, 0.1) is 0 Å². The molecule has 0 N–H and O–H groups in total. The van der Waals surface area contributed by atoms with Crippen molar-refractivity contribution in [2.45, 2.75) is 45.7 Å². The van der Waals surface area contributed by atoms with Crippen LogP contribution in [-0.4, -0.2) is 17.2 Å². The van der Waals surface area contributed by atoms with Gasteiger partial charge in [-0.1, -0.05) is 27.2 Å². The Morgan fingerprint density at radius 1 is 1.19 bits per heavy atom. The highest BCUT2D eigenvalue weighted by atomic mass is 33.4.